The molecule has 0 aliphatic carbocycles. The van der Waals surface area contributed by atoms with E-state index in [1.165, 1.54) is 26.3 Å². The molecule has 0 saturated heterocycles. The van der Waals surface area contributed by atoms with Crippen LogP contribution in [0.4, 0.5) is 4.39 Å². The Hall–Kier alpha value is -1.69. The summed E-state index contributed by atoms with van der Waals surface area (Å²) in [6, 6.07) is 5.75. The molecule has 0 aliphatic heterocycles. The van der Waals surface area contributed by atoms with E-state index in [1.54, 1.807) is 26.8 Å². The van der Waals surface area contributed by atoms with Crippen molar-refractivity contribution in [2.75, 3.05) is 14.2 Å². The fourth-order valence-electron chi connectivity index (χ4n) is 2.01. The summed E-state index contributed by atoms with van der Waals surface area (Å²) in [6.45, 7) is 4.91. The van der Waals surface area contributed by atoms with Crippen molar-refractivity contribution >= 4 is 10.2 Å². The number of rotatable bonds is 7. The van der Waals surface area contributed by atoms with Crippen LogP contribution >= 0.6 is 0 Å². The molecule has 1 aromatic rings. The van der Waals surface area contributed by atoms with E-state index in [0.717, 1.165) is 4.31 Å². The van der Waals surface area contributed by atoms with Crippen LogP contribution in [0, 0.1) is 17.1 Å². The number of nitriles is 1. The van der Waals surface area contributed by atoms with Crippen LogP contribution in [-0.4, -0.2) is 32.9 Å². The van der Waals surface area contributed by atoms with Crippen molar-refractivity contribution in [2.45, 2.75) is 38.8 Å². The Morgan fingerprint density at radius 1 is 1.48 bits per heavy atom. The maximum Gasteiger partial charge on any atom is 0.280 e. The lowest BCUT2D eigenvalue weighted by molar-refractivity contribution is 0.364. The van der Waals surface area contributed by atoms with Crippen molar-refractivity contribution in [1.29, 1.82) is 5.26 Å². The first-order valence-electron chi connectivity index (χ1n) is 7.03. The summed E-state index contributed by atoms with van der Waals surface area (Å²) in [7, 11) is -1.08. The van der Waals surface area contributed by atoms with Gasteiger partial charge in [-0.2, -0.15) is 22.7 Å². The van der Waals surface area contributed by atoms with Crippen LogP contribution in [0.2, 0.25) is 0 Å². The molecule has 0 fully saturated rings. The lowest BCUT2D eigenvalue weighted by Crippen LogP contribution is -2.49. The van der Waals surface area contributed by atoms with E-state index in [4.69, 9.17) is 10.00 Å². The average Bonchev–Trinajstić information content (AvgIpc) is 2.45. The lowest BCUT2D eigenvalue weighted by Gasteiger charge is -2.31. The second-order valence-corrected chi connectivity index (χ2v) is 7.54. The van der Waals surface area contributed by atoms with Gasteiger partial charge in [0.15, 0.2) is 11.6 Å². The molecule has 8 heteroatoms. The highest BCUT2D eigenvalue weighted by molar-refractivity contribution is 7.87. The molecule has 23 heavy (non-hydrogen) atoms. The number of halogens is 1. The summed E-state index contributed by atoms with van der Waals surface area (Å²) in [5, 5.41) is 8.70. The van der Waals surface area contributed by atoms with E-state index in [9.17, 15) is 12.8 Å². The van der Waals surface area contributed by atoms with Crippen LogP contribution in [0.3, 0.4) is 0 Å². The molecule has 6 nitrogen and oxygen atoms in total. The molecular formula is C15H22FN3O3S. The molecule has 1 N–H and O–H groups in total. The van der Waals surface area contributed by atoms with Gasteiger partial charge in [-0.1, -0.05) is 6.07 Å². The number of ether oxygens (including phenoxy) is 1. The summed E-state index contributed by atoms with van der Waals surface area (Å²) >= 11 is 0. The van der Waals surface area contributed by atoms with Crippen molar-refractivity contribution < 1.29 is 17.5 Å². The first-order valence-corrected chi connectivity index (χ1v) is 8.47. The van der Waals surface area contributed by atoms with Crippen LogP contribution in [0.1, 0.15) is 32.8 Å². The van der Waals surface area contributed by atoms with Crippen LogP contribution in [-0.2, 0) is 15.7 Å². The zero-order valence-corrected chi connectivity index (χ0v) is 14.7. The van der Waals surface area contributed by atoms with E-state index in [2.05, 4.69) is 4.72 Å². The molecule has 128 valence electrons. The first-order chi connectivity index (χ1) is 10.5. The highest BCUT2D eigenvalue weighted by Gasteiger charge is 2.32. The van der Waals surface area contributed by atoms with Gasteiger partial charge in [0.1, 0.15) is 0 Å². The molecule has 0 bridgehead atoms. The Morgan fingerprint density at radius 3 is 2.57 bits per heavy atom. The van der Waals surface area contributed by atoms with Gasteiger partial charge in [0.05, 0.1) is 25.1 Å². The summed E-state index contributed by atoms with van der Waals surface area (Å²) < 4.78 is 47.2. The van der Waals surface area contributed by atoms with Crippen molar-refractivity contribution in [2.24, 2.45) is 0 Å². The van der Waals surface area contributed by atoms with E-state index in [0.29, 0.717) is 5.56 Å². The maximum atomic E-state index is 13.9. The molecular weight excluding hydrogens is 321 g/mol. The van der Waals surface area contributed by atoms with Gasteiger partial charge in [0.25, 0.3) is 10.2 Å². The number of hydrogen-bond donors (Lipinski definition) is 1. The molecule has 1 atom stereocenters. The zero-order chi connectivity index (χ0) is 17.8. The van der Waals surface area contributed by atoms with Crippen molar-refractivity contribution in [1.82, 2.24) is 9.03 Å². The number of nitrogens with zero attached hydrogens (tertiary/aromatic N) is 2. The molecule has 0 radical (unpaired) electrons. The Bertz CT molecular complexity index is 698. The average molecular weight is 343 g/mol. The SMILES string of the molecule is COc1ccc(C(C)(C)NS(=O)(=O)N(C)C(C)CC#N)cc1F. The normalized spacial score (nSPS) is 13.7. The molecule has 0 saturated carbocycles. The smallest absolute Gasteiger partial charge is 0.280 e. The van der Waals surface area contributed by atoms with E-state index in [1.807, 2.05) is 6.07 Å². The van der Waals surface area contributed by atoms with Gasteiger partial charge in [-0.05, 0) is 38.5 Å². The van der Waals surface area contributed by atoms with Gasteiger partial charge in [-0.25, -0.2) is 4.39 Å². The molecule has 0 amide bonds. The van der Waals surface area contributed by atoms with Crippen LogP contribution in [0.5, 0.6) is 5.75 Å². The number of methoxy groups -OCH3 is 1. The minimum absolute atomic E-state index is 0.0784. The minimum atomic E-state index is -3.84. The fourth-order valence-corrected chi connectivity index (χ4v) is 3.46. The Morgan fingerprint density at radius 2 is 2.09 bits per heavy atom. The van der Waals surface area contributed by atoms with Crippen LogP contribution < -0.4 is 9.46 Å². The van der Waals surface area contributed by atoms with Gasteiger partial charge < -0.3 is 4.74 Å². The van der Waals surface area contributed by atoms with Gasteiger partial charge in [-0.3, -0.25) is 0 Å². The summed E-state index contributed by atoms with van der Waals surface area (Å²) in [5.41, 5.74) is -0.576. The van der Waals surface area contributed by atoms with Gasteiger partial charge >= 0.3 is 0 Å². The Labute approximate surface area is 137 Å². The molecule has 0 aliphatic rings. The van der Waals surface area contributed by atoms with Crippen molar-refractivity contribution in [3.63, 3.8) is 0 Å². The lowest BCUT2D eigenvalue weighted by atomic mass is 9.95. The van der Waals surface area contributed by atoms with E-state index >= 15 is 0 Å². The second-order valence-electron chi connectivity index (χ2n) is 5.81. The number of hydrogen-bond acceptors (Lipinski definition) is 4. The molecule has 0 spiro atoms. The fraction of sp³-hybridized carbons (Fsp3) is 0.533. The van der Waals surface area contributed by atoms with Crippen molar-refractivity contribution in [3.8, 4) is 11.8 Å². The third kappa shape index (κ3) is 4.64. The van der Waals surface area contributed by atoms with E-state index < -0.39 is 27.6 Å². The maximum absolute atomic E-state index is 13.9. The first kappa shape index (κ1) is 19.4. The topological polar surface area (TPSA) is 82.4 Å². The standard InChI is InChI=1S/C15H22FN3O3S/c1-11(8-9-17)19(4)23(20,21)18-15(2,3)12-6-7-14(22-5)13(16)10-12/h6-7,10-11,18H,8H2,1-5H3. The molecule has 1 unspecified atom stereocenters. The molecule has 1 aromatic carbocycles. The quantitative estimate of drug-likeness (QED) is 0.822. The van der Waals surface area contributed by atoms with Gasteiger partial charge in [-0.15, -0.1) is 0 Å². The predicted octanol–water partition coefficient (Wildman–Crippen LogP) is 2.14. The van der Waals surface area contributed by atoms with Crippen LogP contribution in [0.25, 0.3) is 0 Å². The summed E-state index contributed by atoms with van der Waals surface area (Å²) in [5.74, 6) is -0.476. The van der Waals surface area contributed by atoms with Gasteiger partial charge in [0, 0.05) is 13.1 Å². The van der Waals surface area contributed by atoms with Crippen LogP contribution in [0.15, 0.2) is 18.2 Å². The summed E-state index contributed by atoms with van der Waals surface area (Å²) in [6.07, 6.45) is 0.0784. The second kappa shape index (κ2) is 7.25. The largest absolute Gasteiger partial charge is 0.494 e. The molecule has 1 rings (SSSR count). The third-order valence-electron chi connectivity index (χ3n) is 3.64. The minimum Gasteiger partial charge on any atom is -0.494 e. The molecule has 0 heterocycles. The summed E-state index contributed by atoms with van der Waals surface area (Å²) in [4.78, 5) is 0. The highest BCUT2D eigenvalue weighted by atomic mass is 32.2. The predicted molar refractivity (Wildman–Crippen MR) is 85.5 cm³/mol. The Kier molecular flexibility index (Phi) is 6.11. The third-order valence-corrected chi connectivity index (χ3v) is 5.53. The number of nitrogens with one attached hydrogen (secondary N) is 1. The van der Waals surface area contributed by atoms with Crippen molar-refractivity contribution in [3.05, 3.63) is 29.6 Å². The van der Waals surface area contributed by atoms with Gasteiger partial charge in [0.2, 0.25) is 0 Å². The Balaban J connectivity index is 3.05. The monoisotopic (exact) mass is 343 g/mol. The zero-order valence-electron chi connectivity index (χ0n) is 13.9. The molecule has 0 aromatic heterocycles. The highest BCUT2D eigenvalue weighted by Crippen LogP contribution is 2.26. The van der Waals surface area contributed by atoms with E-state index in [-0.39, 0.29) is 12.2 Å². The number of benzene rings is 1.